The molecule has 0 spiro atoms. The summed E-state index contributed by atoms with van der Waals surface area (Å²) in [5, 5.41) is 0.242. The van der Waals surface area contributed by atoms with Crippen LogP contribution in [0.3, 0.4) is 0 Å². The Bertz CT molecular complexity index is 890. The van der Waals surface area contributed by atoms with E-state index < -0.39 is 9.84 Å². The van der Waals surface area contributed by atoms with E-state index in [0.29, 0.717) is 25.0 Å². The number of fused-ring (bicyclic) bond motifs is 2. The fourth-order valence-electron chi connectivity index (χ4n) is 2.44. The Kier molecular flexibility index (Phi) is 2.79. The van der Waals surface area contributed by atoms with Crippen LogP contribution in [0.25, 0.3) is 11.0 Å². The Morgan fingerprint density at radius 2 is 1.90 bits per heavy atom. The zero-order chi connectivity index (χ0) is 14.5. The number of hydrogen-bond acceptors (Lipinski definition) is 5. The van der Waals surface area contributed by atoms with Gasteiger partial charge in [0, 0.05) is 25.2 Å². The Morgan fingerprint density at radius 3 is 2.60 bits per heavy atom. The van der Waals surface area contributed by atoms with Crippen molar-refractivity contribution in [2.75, 3.05) is 6.26 Å². The van der Waals surface area contributed by atoms with Gasteiger partial charge < -0.3 is 4.42 Å². The number of carbonyl (C=O) groups is 1. The van der Waals surface area contributed by atoms with Crippen molar-refractivity contribution in [1.82, 2.24) is 0 Å². The first-order valence-electron chi connectivity index (χ1n) is 6.21. The Hall–Kier alpha value is -1.95. The quantitative estimate of drug-likeness (QED) is 0.799. The van der Waals surface area contributed by atoms with Crippen molar-refractivity contribution in [3.63, 3.8) is 0 Å². The molecule has 0 unspecified atom stereocenters. The first kappa shape index (κ1) is 13.1. The van der Waals surface area contributed by atoms with Crippen LogP contribution < -0.4 is 5.43 Å². The zero-order valence-corrected chi connectivity index (χ0v) is 11.6. The zero-order valence-electron chi connectivity index (χ0n) is 10.8. The van der Waals surface area contributed by atoms with Crippen molar-refractivity contribution in [2.24, 2.45) is 0 Å². The maximum Gasteiger partial charge on any atom is 0.203 e. The van der Waals surface area contributed by atoms with Crippen LogP contribution in [-0.4, -0.2) is 20.5 Å². The van der Waals surface area contributed by atoms with Crippen LogP contribution in [0.4, 0.5) is 0 Å². The molecule has 20 heavy (non-hydrogen) atoms. The van der Waals surface area contributed by atoms with Gasteiger partial charge in [-0.3, -0.25) is 9.59 Å². The van der Waals surface area contributed by atoms with Crippen molar-refractivity contribution in [1.29, 1.82) is 0 Å². The van der Waals surface area contributed by atoms with E-state index in [0.717, 1.165) is 6.26 Å². The number of sulfone groups is 1. The van der Waals surface area contributed by atoms with Gasteiger partial charge in [0.1, 0.15) is 16.9 Å². The monoisotopic (exact) mass is 292 g/mol. The summed E-state index contributed by atoms with van der Waals surface area (Å²) in [6, 6.07) is 4.10. The maximum atomic E-state index is 12.3. The fourth-order valence-corrected chi connectivity index (χ4v) is 3.08. The molecule has 0 N–H and O–H groups in total. The molecule has 0 amide bonds. The van der Waals surface area contributed by atoms with Crippen LogP contribution in [0.5, 0.6) is 0 Å². The summed E-state index contributed by atoms with van der Waals surface area (Å²) < 4.78 is 28.6. The van der Waals surface area contributed by atoms with Gasteiger partial charge in [-0.05, 0) is 18.6 Å². The lowest BCUT2D eigenvalue weighted by Gasteiger charge is -2.13. The molecule has 1 aliphatic carbocycles. The van der Waals surface area contributed by atoms with E-state index in [9.17, 15) is 18.0 Å². The van der Waals surface area contributed by atoms with E-state index in [-0.39, 0.29) is 32.6 Å². The first-order chi connectivity index (χ1) is 9.38. The minimum Gasteiger partial charge on any atom is -0.460 e. The number of rotatable bonds is 1. The SMILES string of the molecule is CS(=O)(=O)c1ccc2c(=O)c3c(oc2c1)CCCC3=O. The average Bonchev–Trinajstić information content (AvgIpc) is 2.37. The molecular weight excluding hydrogens is 280 g/mol. The molecule has 1 heterocycles. The summed E-state index contributed by atoms with van der Waals surface area (Å²) in [5.41, 5.74) is -0.0340. The highest BCUT2D eigenvalue weighted by Gasteiger charge is 2.24. The van der Waals surface area contributed by atoms with Gasteiger partial charge in [0.25, 0.3) is 0 Å². The minimum absolute atomic E-state index is 0.0928. The smallest absolute Gasteiger partial charge is 0.203 e. The summed E-state index contributed by atoms with van der Waals surface area (Å²) in [6.45, 7) is 0. The number of Topliss-reactive ketones (excluding diaryl/α,β-unsaturated/α-hetero) is 1. The van der Waals surface area contributed by atoms with Gasteiger partial charge in [-0.1, -0.05) is 0 Å². The minimum atomic E-state index is -3.37. The van der Waals surface area contributed by atoms with Crippen molar-refractivity contribution in [3.8, 4) is 0 Å². The Morgan fingerprint density at radius 1 is 1.15 bits per heavy atom. The molecule has 6 heteroatoms. The van der Waals surface area contributed by atoms with Gasteiger partial charge in [-0.25, -0.2) is 8.42 Å². The average molecular weight is 292 g/mol. The molecule has 104 valence electrons. The number of aryl methyl sites for hydroxylation is 1. The molecule has 0 atom stereocenters. The second kappa shape index (κ2) is 4.28. The second-order valence-electron chi connectivity index (χ2n) is 4.94. The molecule has 5 nitrogen and oxygen atoms in total. The van der Waals surface area contributed by atoms with Crippen LogP contribution in [0.1, 0.15) is 29.0 Å². The first-order valence-corrected chi connectivity index (χ1v) is 8.10. The second-order valence-corrected chi connectivity index (χ2v) is 6.95. The summed E-state index contributed by atoms with van der Waals surface area (Å²) >= 11 is 0. The van der Waals surface area contributed by atoms with E-state index >= 15 is 0 Å². The summed E-state index contributed by atoms with van der Waals surface area (Å²) in [7, 11) is -3.37. The third-order valence-corrected chi connectivity index (χ3v) is 4.56. The molecule has 0 fully saturated rings. The summed E-state index contributed by atoms with van der Waals surface area (Å²) in [5.74, 6) is 0.165. The van der Waals surface area contributed by atoms with Crippen LogP contribution in [0, 0.1) is 0 Å². The van der Waals surface area contributed by atoms with E-state index in [1.165, 1.54) is 18.2 Å². The molecule has 0 saturated carbocycles. The van der Waals surface area contributed by atoms with E-state index in [1.807, 2.05) is 0 Å². The Labute approximate surface area is 115 Å². The normalized spacial score (nSPS) is 15.3. The van der Waals surface area contributed by atoms with Crippen LogP contribution in [0.15, 0.2) is 32.3 Å². The van der Waals surface area contributed by atoms with Gasteiger partial charge in [0.2, 0.25) is 5.43 Å². The van der Waals surface area contributed by atoms with Crippen molar-refractivity contribution in [2.45, 2.75) is 24.2 Å². The molecule has 2 aromatic rings. The number of benzene rings is 1. The molecule has 1 aromatic heterocycles. The predicted octanol–water partition coefficient (Wildman–Crippen LogP) is 1.72. The fraction of sp³-hybridized carbons (Fsp3) is 0.286. The lowest BCUT2D eigenvalue weighted by molar-refractivity contribution is 0.0966. The van der Waals surface area contributed by atoms with Gasteiger partial charge in [-0.15, -0.1) is 0 Å². The molecule has 1 aromatic carbocycles. The third kappa shape index (κ3) is 1.96. The highest BCUT2D eigenvalue weighted by atomic mass is 32.2. The lowest BCUT2D eigenvalue weighted by atomic mass is 9.94. The van der Waals surface area contributed by atoms with Crippen LogP contribution >= 0.6 is 0 Å². The third-order valence-electron chi connectivity index (χ3n) is 3.45. The van der Waals surface area contributed by atoms with Crippen molar-refractivity contribution in [3.05, 3.63) is 39.7 Å². The topological polar surface area (TPSA) is 81.4 Å². The molecule has 0 bridgehead atoms. The molecule has 1 aliphatic rings. The number of ketones is 1. The molecular formula is C14H12O5S. The summed E-state index contributed by atoms with van der Waals surface area (Å²) in [6.07, 6.45) is 2.61. The number of hydrogen-bond donors (Lipinski definition) is 0. The van der Waals surface area contributed by atoms with E-state index in [1.54, 1.807) is 0 Å². The van der Waals surface area contributed by atoms with Gasteiger partial charge >= 0.3 is 0 Å². The largest absolute Gasteiger partial charge is 0.460 e. The van der Waals surface area contributed by atoms with E-state index in [2.05, 4.69) is 0 Å². The van der Waals surface area contributed by atoms with E-state index in [4.69, 9.17) is 4.42 Å². The molecule has 0 aliphatic heterocycles. The van der Waals surface area contributed by atoms with Crippen molar-refractivity contribution >= 4 is 26.6 Å². The van der Waals surface area contributed by atoms with Gasteiger partial charge in [0.15, 0.2) is 15.6 Å². The maximum absolute atomic E-state index is 12.3. The molecule has 0 saturated heterocycles. The number of carbonyl (C=O) groups excluding carboxylic acids is 1. The van der Waals surface area contributed by atoms with Crippen LogP contribution in [-0.2, 0) is 16.3 Å². The highest BCUT2D eigenvalue weighted by Crippen LogP contribution is 2.24. The lowest BCUT2D eigenvalue weighted by Crippen LogP contribution is -2.22. The standard InChI is InChI=1S/C14H12O5S/c1-20(17,18)8-5-6-9-12(7-8)19-11-4-2-3-10(15)13(11)14(9)16/h5-7H,2-4H2,1H3. The Balaban J connectivity index is 2.37. The predicted molar refractivity (Wildman–Crippen MR) is 72.9 cm³/mol. The summed E-state index contributed by atoms with van der Waals surface area (Å²) in [4.78, 5) is 24.2. The molecule has 3 rings (SSSR count). The van der Waals surface area contributed by atoms with Crippen LogP contribution in [0.2, 0.25) is 0 Å². The van der Waals surface area contributed by atoms with Crippen molar-refractivity contribution < 1.29 is 17.6 Å². The molecule has 0 radical (unpaired) electrons. The highest BCUT2D eigenvalue weighted by molar-refractivity contribution is 7.90. The van der Waals surface area contributed by atoms with Gasteiger partial charge in [0.05, 0.1) is 10.3 Å². The van der Waals surface area contributed by atoms with Gasteiger partial charge in [-0.2, -0.15) is 0 Å².